The molecule has 4 rings (SSSR count). The van der Waals surface area contributed by atoms with E-state index in [-0.39, 0.29) is 12.1 Å². The number of amides is 2. The lowest BCUT2D eigenvalue weighted by atomic mass is 10.1. The van der Waals surface area contributed by atoms with Gasteiger partial charge in [0.15, 0.2) is 0 Å². The summed E-state index contributed by atoms with van der Waals surface area (Å²) in [6, 6.07) is 10.9. The molecule has 32 heavy (non-hydrogen) atoms. The first kappa shape index (κ1) is 21.4. The van der Waals surface area contributed by atoms with Crippen LogP contribution in [0.15, 0.2) is 48.5 Å². The number of rotatable bonds is 5. The Morgan fingerprint density at radius 3 is 2.53 bits per heavy atom. The van der Waals surface area contributed by atoms with Crippen molar-refractivity contribution in [2.45, 2.75) is 25.6 Å². The number of hydrogen-bond acceptors (Lipinski definition) is 4. The smallest absolute Gasteiger partial charge is 0.418 e. The molecular weight excluding hydrogens is 425 g/mol. The Kier molecular flexibility index (Phi) is 5.37. The molecule has 0 saturated carbocycles. The highest BCUT2D eigenvalue weighted by Crippen LogP contribution is 2.39. The first-order valence-electron chi connectivity index (χ1n) is 9.69. The van der Waals surface area contributed by atoms with Crippen LogP contribution in [0.4, 0.5) is 24.7 Å². The molecule has 1 aliphatic rings. The first-order valence-corrected chi connectivity index (χ1v) is 9.69. The van der Waals surface area contributed by atoms with Gasteiger partial charge in [-0.3, -0.25) is 9.59 Å². The zero-order chi connectivity index (χ0) is 23.0. The van der Waals surface area contributed by atoms with Gasteiger partial charge in [0.2, 0.25) is 5.91 Å². The Labute approximate surface area is 181 Å². The number of carbonyl (C=O) groups excluding carboxylic acids is 2. The van der Waals surface area contributed by atoms with Crippen LogP contribution in [0.25, 0.3) is 11.1 Å². The summed E-state index contributed by atoms with van der Waals surface area (Å²) in [5.41, 5.74) is 0.819. The molecule has 0 saturated heterocycles. The molecule has 0 radical (unpaired) electrons. The highest BCUT2D eigenvalue weighted by atomic mass is 19.4. The maximum Gasteiger partial charge on any atom is 0.418 e. The van der Waals surface area contributed by atoms with Crippen molar-refractivity contribution in [3.63, 3.8) is 0 Å². The lowest BCUT2D eigenvalue weighted by molar-refractivity contribution is -0.137. The van der Waals surface area contributed by atoms with Crippen molar-refractivity contribution in [1.82, 2.24) is 9.78 Å². The van der Waals surface area contributed by atoms with E-state index in [0.717, 1.165) is 11.6 Å². The number of anilines is 2. The Morgan fingerprint density at radius 2 is 1.88 bits per heavy atom. The molecule has 1 atom stereocenters. The van der Waals surface area contributed by atoms with E-state index in [1.165, 1.54) is 22.9 Å². The number of fused-ring (bicyclic) bond motifs is 1. The molecule has 2 amide bonds. The van der Waals surface area contributed by atoms with Gasteiger partial charge in [-0.05, 0) is 36.8 Å². The molecule has 7 nitrogen and oxygen atoms in total. The fraction of sp³-hybridized carbons (Fsp3) is 0.227. The monoisotopic (exact) mass is 444 g/mol. The topological polar surface area (TPSA) is 85.2 Å². The van der Waals surface area contributed by atoms with Crippen molar-refractivity contribution >= 4 is 23.3 Å². The second-order valence-corrected chi connectivity index (χ2v) is 7.28. The number of methoxy groups -OCH3 is 1. The number of para-hydroxylation sites is 1. The Hall–Kier alpha value is -3.82. The normalized spacial score (nSPS) is 15.3. The van der Waals surface area contributed by atoms with Crippen molar-refractivity contribution in [2.75, 3.05) is 17.7 Å². The molecule has 0 bridgehead atoms. The molecular formula is C22H19F3N4O3. The molecule has 2 aromatic carbocycles. The predicted octanol–water partition coefficient (Wildman–Crippen LogP) is 4.41. The summed E-state index contributed by atoms with van der Waals surface area (Å²) in [6.45, 7) is 1.77. The summed E-state index contributed by atoms with van der Waals surface area (Å²) < 4.78 is 46.1. The van der Waals surface area contributed by atoms with Crippen molar-refractivity contribution in [3.05, 3.63) is 59.8 Å². The van der Waals surface area contributed by atoms with Gasteiger partial charge < -0.3 is 15.4 Å². The van der Waals surface area contributed by atoms with Crippen molar-refractivity contribution in [1.29, 1.82) is 0 Å². The number of halogens is 3. The van der Waals surface area contributed by atoms with Crippen LogP contribution in [-0.2, 0) is 15.8 Å². The highest BCUT2D eigenvalue weighted by Gasteiger charge is 2.37. The van der Waals surface area contributed by atoms with Crippen molar-refractivity contribution in [3.8, 4) is 16.9 Å². The molecule has 0 spiro atoms. The Bertz CT molecular complexity index is 1190. The number of hydrogen-bond donors (Lipinski definition) is 2. The second-order valence-electron chi connectivity index (χ2n) is 7.28. The summed E-state index contributed by atoms with van der Waals surface area (Å²) in [4.78, 5) is 25.1. The van der Waals surface area contributed by atoms with Gasteiger partial charge in [0.05, 0.1) is 30.5 Å². The SMILES string of the molecule is COc1ccc(-c2c(C)nn3c2NC(=O)C3CC(=O)Nc2ccccc2C(F)(F)F)cc1. The van der Waals surface area contributed by atoms with E-state index >= 15 is 0 Å². The molecule has 1 unspecified atom stereocenters. The minimum atomic E-state index is -4.62. The van der Waals surface area contributed by atoms with Gasteiger partial charge >= 0.3 is 6.18 Å². The van der Waals surface area contributed by atoms with Gasteiger partial charge in [-0.2, -0.15) is 18.3 Å². The van der Waals surface area contributed by atoms with E-state index in [0.29, 0.717) is 22.8 Å². The standard InChI is InChI=1S/C22H19F3N4O3/c1-12-19(13-7-9-14(32-2)10-8-13)20-27-21(31)17(29(20)28-12)11-18(30)26-16-6-4-3-5-15(16)22(23,24)25/h3-10,17H,11H2,1-2H3,(H,26,30)(H,27,31). The Balaban J connectivity index is 1.58. The number of aryl methyl sites for hydroxylation is 1. The Morgan fingerprint density at radius 1 is 1.19 bits per heavy atom. The quantitative estimate of drug-likeness (QED) is 0.611. The van der Waals surface area contributed by atoms with Gasteiger partial charge in [-0.15, -0.1) is 0 Å². The number of alkyl halides is 3. The van der Waals surface area contributed by atoms with E-state index in [1.807, 2.05) is 12.1 Å². The highest BCUT2D eigenvalue weighted by molar-refractivity contribution is 6.04. The van der Waals surface area contributed by atoms with Crippen LogP contribution < -0.4 is 15.4 Å². The van der Waals surface area contributed by atoms with E-state index in [9.17, 15) is 22.8 Å². The molecule has 3 aromatic rings. The van der Waals surface area contributed by atoms with Crippen LogP contribution in [0.2, 0.25) is 0 Å². The van der Waals surface area contributed by atoms with E-state index in [1.54, 1.807) is 26.2 Å². The largest absolute Gasteiger partial charge is 0.497 e. The minimum Gasteiger partial charge on any atom is -0.497 e. The average molecular weight is 444 g/mol. The summed E-state index contributed by atoms with van der Waals surface area (Å²) in [6.07, 6.45) is -4.98. The van der Waals surface area contributed by atoms with Gasteiger partial charge in [-0.1, -0.05) is 24.3 Å². The average Bonchev–Trinajstić information content (AvgIpc) is 3.21. The third-order valence-electron chi connectivity index (χ3n) is 5.19. The zero-order valence-corrected chi connectivity index (χ0v) is 17.2. The molecule has 1 aliphatic heterocycles. The van der Waals surface area contributed by atoms with E-state index < -0.39 is 29.6 Å². The molecule has 2 N–H and O–H groups in total. The van der Waals surface area contributed by atoms with Gasteiger partial charge in [0.1, 0.15) is 17.6 Å². The van der Waals surface area contributed by atoms with Gasteiger partial charge in [-0.25, -0.2) is 4.68 Å². The van der Waals surface area contributed by atoms with Crippen LogP contribution in [0.1, 0.15) is 23.7 Å². The molecule has 1 aromatic heterocycles. The third kappa shape index (κ3) is 3.91. The molecule has 166 valence electrons. The van der Waals surface area contributed by atoms with Crippen LogP contribution >= 0.6 is 0 Å². The fourth-order valence-corrected chi connectivity index (χ4v) is 3.70. The maximum atomic E-state index is 13.2. The molecule has 0 aliphatic carbocycles. The lowest BCUT2D eigenvalue weighted by Crippen LogP contribution is -2.24. The maximum absolute atomic E-state index is 13.2. The van der Waals surface area contributed by atoms with Crippen molar-refractivity contribution in [2.24, 2.45) is 0 Å². The second kappa shape index (κ2) is 8.03. The number of aromatic nitrogens is 2. The summed E-state index contributed by atoms with van der Waals surface area (Å²) in [5.74, 6) is -0.0746. The van der Waals surface area contributed by atoms with Crippen LogP contribution in [0.5, 0.6) is 5.75 Å². The summed E-state index contributed by atoms with van der Waals surface area (Å²) >= 11 is 0. The van der Waals surface area contributed by atoms with Crippen LogP contribution in [-0.4, -0.2) is 28.7 Å². The number of ether oxygens (including phenoxy) is 1. The van der Waals surface area contributed by atoms with Gasteiger partial charge in [0.25, 0.3) is 5.91 Å². The summed E-state index contributed by atoms with van der Waals surface area (Å²) in [5, 5.41) is 9.41. The van der Waals surface area contributed by atoms with Crippen LogP contribution in [0, 0.1) is 6.92 Å². The third-order valence-corrected chi connectivity index (χ3v) is 5.19. The van der Waals surface area contributed by atoms with Crippen molar-refractivity contribution < 1.29 is 27.5 Å². The van der Waals surface area contributed by atoms with E-state index in [2.05, 4.69) is 15.7 Å². The number of carbonyl (C=O) groups is 2. The van der Waals surface area contributed by atoms with E-state index in [4.69, 9.17) is 4.74 Å². The zero-order valence-electron chi connectivity index (χ0n) is 17.2. The molecule has 10 heteroatoms. The predicted molar refractivity (Wildman–Crippen MR) is 111 cm³/mol. The van der Waals surface area contributed by atoms with Crippen LogP contribution in [0.3, 0.4) is 0 Å². The van der Waals surface area contributed by atoms with Gasteiger partial charge in [0, 0.05) is 5.56 Å². The fourth-order valence-electron chi connectivity index (χ4n) is 3.70. The molecule has 2 heterocycles. The lowest BCUT2D eigenvalue weighted by Gasteiger charge is -2.14. The number of benzene rings is 2. The first-order chi connectivity index (χ1) is 15.2. The number of nitrogens with zero attached hydrogens (tertiary/aromatic N) is 2. The molecule has 0 fully saturated rings. The minimum absolute atomic E-state index is 0.362. The summed E-state index contributed by atoms with van der Waals surface area (Å²) in [7, 11) is 1.56. The number of nitrogens with one attached hydrogen (secondary N) is 2.